The van der Waals surface area contributed by atoms with Crippen LogP contribution in [0.2, 0.25) is 0 Å². The molecule has 2 aliphatic rings. The zero-order valence-corrected chi connectivity index (χ0v) is 12.5. The van der Waals surface area contributed by atoms with Crippen molar-refractivity contribution in [2.24, 2.45) is 0 Å². The molecule has 20 heavy (non-hydrogen) atoms. The van der Waals surface area contributed by atoms with Crippen molar-refractivity contribution in [3.8, 4) is 0 Å². The Bertz CT molecular complexity index is 439. The van der Waals surface area contributed by atoms with Gasteiger partial charge in [0.25, 0.3) is 0 Å². The van der Waals surface area contributed by atoms with Gasteiger partial charge in [-0.05, 0) is 37.8 Å². The summed E-state index contributed by atoms with van der Waals surface area (Å²) in [6.07, 6.45) is 5.54. The highest BCUT2D eigenvalue weighted by Crippen LogP contribution is 2.43. The number of carbonyl (C=O) groups excluding carboxylic acids is 1. The van der Waals surface area contributed by atoms with E-state index in [0.717, 1.165) is 32.4 Å². The van der Waals surface area contributed by atoms with E-state index in [0.29, 0.717) is 6.04 Å². The van der Waals surface area contributed by atoms with Gasteiger partial charge >= 0.3 is 0 Å². The van der Waals surface area contributed by atoms with Crippen molar-refractivity contribution in [1.29, 1.82) is 0 Å². The lowest BCUT2D eigenvalue weighted by molar-refractivity contribution is -0.130. The summed E-state index contributed by atoms with van der Waals surface area (Å²) in [5.74, 6) is 0.221. The van der Waals surface area contributed by atoms with Crippen molar-refractivity contribution in [3.63, 3.8) is 0 Å². The first-order valence-corrected chi connectivity index (χ1v) is 7.38. The number of hydrogen-bond acceptors (Lipinski definition) is 2. The van der Waals surface area contributed by atoms with Gasteiger partial charge in [0, 0.05) is 12.6 Å². The lowest BCUT2D eigenvalue weighted by Gasteiger charge is -2.41. The molecule has 1 unspecified atom stereocenters. The molecule has 1 heterocycles. The molecule has 1 amide bonds. The van der Waals surface area contributed by atoms with E-state index in [1.54, 1.807) is 0 Å². The molecular formula is C16H23ClN2O. The average Bonchev–Trinajstić information content (AvgIpc) is 2.89. The molecule has 3 rings (SSSR count). The van der Waals surface area contributed by atoms with Crippen LogP contribution in [-0.4, -0.2) is 25.0 Å². The molecule has 1 saturated heterocycles. The Labute approximate surface area is 126 Å². The van der Waals surface area contributed by atoms with Crippen molar-refractivity contribution in [2.75, 3.05) is 13.1 Å². The van der Waals surface area contributed by atoms with Crippen LogP contribution in [-0.2, 0) is 10.2 Å². The Balaban J connectivity index is 0.00000147. The molecule has 1 atom stereocenters. The van der Waals surface area contributed by atoms with Gasteiger partial charge in [-0.25, -0.2) is 0 Å². The molecule has 110 valence electrons. The van der Waals surface area contributed by atoms with Gasteiger partial charge in [0.15, 0.2) is 0 Å². The number of hydrogen-bond donors (Lipinski definition) is 2. The first-order chi connectivity index (χ1) is 9.31. The summed E-state index contributed by atoms with van der Waals surface area (Å²) in [5, 5.41) is 6.59. The number of amides is 1. The van der Waals surface area contributed by atoms with Crippen LogP contribution in [0.15, 0.2) is 30.3 Å². The Morgan fingerprint density at radius 1 is 1.25 bits per heavy atom. The largest absolute Gasteiger partial charge is 0.354 e. The maximum absolute atomic E-state index is 12.6. The third-order valence-electron chi connectivity index (χ3n) is 4.64. The molecule has 1 aromatic carbocycles. The smallest absolute Gasteiger partial charge is 0.230 e. The quantitative estimate of drug-likeness (QED) is 0.895. The van der Waals surface area contributed by atoms with E-state index in [1.165, 1.54) is 18.4 Å². The average molecular weight is 295 g/mol. The molecule has 0 aromatic heterocycles. The lowest BCUT2D eigenvalue weighted by atomic mass is 9.64. The van der Waals surface area contributed by atoms with E-state index in [2.05, 4.69) is 22.8 Å². The molecule has 1 aliphatic carbocycles. The summed E-state index contributed by atoms with van der Waals surface area (Å²) in [6, 6.07) is 10.7. The van der Waals surface area contributed by atoms with Crippen molar-refractivity contribution in [1.82, 2.24) is 10.6 Å². The highest BCUT2D eigenvalue weighted by atomic mass is 35.5. The van der Waals surface area contributed by atoms with Gasteiger partial charge in [0.05, 0.1) is 5.41 Å². The molecule has 4 heteroatoms. The standard InChI is InChI=1S/C16H22N2O.ClH/c19-15(18-12-14-8-4-11-17-14)16(9-5-10-16)13-6-2-1-3-7-13;/h1-3,6-7,14,17H,4-5,8-12H2,(H,18,19);1H. The Hall–Kier alpha value is -1.06. The van der Waals surface area contributed by atoms with Crippen LogP contribution in [0.1, 0.15) is 37.7 Å². The van der Waals surface area contributed by atoms with Crippen LogP contribution < -0.4 is 10.6 Å². The molecule has 2 N–H and O–H groups in total. The number of carbonyl (C=O) groups is 1. The second-order valence-corrected chi connectivity index (χ2v) is 5.80. The fraction of sp³-hybridized carbons (Fsp3) is 0.562. The van der Waals surface area contributed by atoms with Crippen molar-refractivity contribution in [2.45, 2.75) is 43.6 Å². The van der Waals surface area contributed by atoms with E-state index in [1.807, 2.05) is 18.2 Å². The van der Waals surface area contributed by atoms with Crippen LogP contribution in [0.5, 0.6) is 0 Å². The number of halogens is 1. The van der Waals surface area contributed by atoms with Gasteiger partial charge in [-0.3, -0.25) is 4.79 Å². The highest BCUT2D eigenvalue weighted by Gasteiger charge is 2.45. The van der Waals surface area contributed by atoms with Crippen LogP contribution in [0.25, 0.3) is 0 Å². The Morgan fingerprint density at radius 2 is 2.00 bits per heavy atom. The summed E-state index contributed by atoms with van der Waals surface area (Å²) in [5.41, 5.74) is 0.929. The molecule has 0 spiro atoms. The van der Waals surface area contributed by atoms with Gasteiger partial charge in [-0.15, -0.1) is 12.4 Å². The third kappa shape index (κ3) is 2.84. The summed E-state index contributed by atoms with van der Waals surface area (Å²) in [4.78, 5) is 12.6. The number of nitrogens with one attached hydrogen (secondary N) is 2. The predicted molar refractivity (Wildman–Crippen MR) is 83.3 cm³/mol. The summed E-state index contributed by atoms with van der Waals surface area (Å²) in [7, 11) is 0. The fourth-order valence-corrected chi connectivity index (χ4v) is 3.25. The predicted octanol–water partition coefficient (Wildman–Crippen LogP) is 2.40. The molecule has 0 bridgehead atoms. The van der Waals surface area contributed by atoms with Gasteiger partial charge in [-0.1, -0.05) is 36.8 Å². The van der Waals surface area contributed by atoms with E-state index >= 15 is 0 Å². The molecule has 1 aromatic rings. The maximum Gasteiger partial charge on any atom is 0.230 e. The van der Waals surface area contributed by atoms with Crippen molar-refractivity contribution in [3.05, 3.63) is 35.9 Å². The van der Waals surface area contributed by atoms with Gasteiger partial charge < -0.3 is 10.6 Å². The van der Waals surface area contributed by atoms with E-state index < -0.39 is 0 Å². The van der Waals surface area contributed by atoms with Crippen LogP contribution in [0.4, 0.5) is 0 Å². The molecule has 2 fully saturated rings. The minimum Gasteiger partial charge on any atom is -0.354 e. The second-order valence-electron chi connectivity index (χ2n) is 5.80. The van der Waals surface area contributed by atoms with Crippen LogP contribution >= 0.6 is 12.4 Å². The summed E-state index contributed by atoms with van der Waals surface area (Å²) < 4.78 is 0. The Kier molecular flexibility index (Phi) is 5.06. The Morgan fingerprint density at radius 3 is 2.55 bits per heavy atom. The van der Waals surface area contributed by atoms with Crippen molar-refractivity contribution >= 4 is 18.3 Å². The van der Waals surface area contributed by atoms with Crippen molar-refractivity contribution < 1.29 is 4.79 Å². The number of rotatable bonds is 4. The first kappa shape index (κ1) is 15.3. The minimum absolute atomic E-state index is 0. The molecule has 3 nitrogen and oxygen atoms in total. The second kappa shape index (κ2) is 6.59. The minimum atomic E-state index is -0.250. The normalized spacial score (nSPS) is 23.5. The zero-order chi connectivity index (χ0) is 13.1. The molecular weight excluding hydrogens is 272 g/mol. The summed E-state index contributed by atoms with van der Waals surface area (Å²) >= 11 is 0. The third-order valence-corrected chi connectivity index (χ3v) is 4.64. The molecule has 1 aliphatic heterocycles. The number of benzene rings is 1. The van der Waals surface area contributed by atoms with Gasteiger partial charge in [0.1, 0.15) is 0 Å². The monoisotopic (exact) mass is 294 g/mol. The molecule has 1 saturated carbocycles. The van der Waals surface area contributed by atoms with Crippen LogP contribution in [0, 0.1) is 0 Å². The molecule has 0 radical (unpaired) electrons. The van der Waals surface area contributed by atoms with E-state index in [-0.39, 0.29) is 23.7 Å². The van der Waals surface area contributed by atoms with Crippen LogP contribution in [0.3, 0.4) is 0 Å². The van der Waals surface area contributed by atoms with Gasteiger partial charge in [0.2, 0.25) is 5.91 Å². The maximum atomic E-state index is 12.6. The summed E-state index contributed by atoms with van der Waals surface area (Å²) in [6.45, 7) is 1.86. The van der Waals surface area contributed by atoms with E-state index in [4.69, 9.17) is 0 Å². The topological polar surface area (TPSA) is 41.1 Å². The first-order valence-electron chi connectivity index (χ1n) is 7.38. The fourth-order valence-electron chi connectivity index (χ4n) is 3.25. The lowest BCUT2D eigenvalue weighted by Crippen LogP contribution is -2.51. The van der Waals surface area contributed by atoms with E-state index in [9.17, 15) is 4.79 Å². The van der Waals surface area contributed by atoms with Gasteiger partial charge in [-0.2, -0.15) is 0 Å². The SMILES string of the molecule is Cl.O=C(NCC1CCCN1)C1(c2ccccc2)CCC1. The zero-order valence-electron chi connectivity index (χ0n) is 11.7. The highest BCUT2D eigenvalue weighted by molar-refractivity contribution is 5.89.